The molecule has 0 atom stereocenters. The molecule has 0 saturated carbocycles. The van der Waals surface area contributed by atoms with Crippen LogP contribution in [0.5, 0.6) is 0 Å². The van der Waals surface area contributed by atoms with Crippen molar-refractivity contribution < 1.29 is 23.5 Å². The SMILES string of the molecule is COC(=O)c1c(C)nc(C)c(C(=O)OC)c1-c1coc2c3ccccc3n(Cc3ccccc3)c2c1=O. The van der Waals surface area contributed by atoms with Gasteiger partial charge in [-0.15, -0.1) is 0 Å². The van der Waals surface area contributed by atoms with Gasteiger partial charge in [0.1, 0.15) is 11.8 Å². The molecule has 5 rings (SSSR count). The first kappa shape index (κ1) is 24.0. The number of rotatable bonds is 5. The predicted molar refractivity (Wildman–Crippen MR) is 139 cm³/mol. The lowest BCUT2D eigenvalue weighted by Gasteiger charge is -2.16. The zero-order valence-electron chi connectivity index (χ0n) is 20.8. The third-order valence-corrected chi connectivity index (χ3v) is 6.47. The Morgan fingerprint density at radius 3 is 2.11 bits per heavy atom. The molecule has 0 fully saturated rings. The average molecular weight is 497 g/mol. The van der Waals surface area contributed by atoms with E-state index in [1.54, 1.807) is 13.8 Å². The van der Waals surface area contributed by atoms with E-state index in [0.29, 0.717) is 29.0 Å². The standard InChI is InChI=1S/C29H24N2O6/c1-16-22(28(33)35-3)24(23(17(2)30-16)29(34)36-4)20-15-37-27-19-12-8-9-13-21(19)31(25(27)26(20)32)14-18-10-6-5-7-11-18/h5-13,15H,14H2,1-4H3. The van der Waals surface area contributed by atoms with Crippen molar-refractivity contribution in [2.75, 3.05) is 14.2 Å². The van der Waals surface area contributed by atoms with E-state index in [4.69, 9.17) is 13.9 Å². The number of carbonyl (C=O) groups excluding carboxylic acids is 2. The minimum Gasteiger partial charge on any atom is -0.465 e. The Hall–Kier alpha value is -4.72. The molecule has 8 nitrogen and oxygen atoms in total. The van der Waals surface area contributed by atoms with Crippen LogP contribution in [0, 0.1) is 13.8 Å². The molecule has 3 heterocycles. The Balaban J connectivity index is 1.91. The van der Waals surface area contributed by atoms with Crippen molar-refractivity contribution in [1.29, 1.82) is 0 Å². The summed E-state index contributed by atoms with van der Waals surface area (Å²) in [6, 6.07) is 17.3. The van der Waals surface area contributed by atoms with Gasteiger partial charge in [-0.1, -0.05) is 42.5 Å². The third-order valence-electron chi connectivity index (χ3n) is 6.47. The number of fused-ring (bicyclic) bond motifs is 3. The van der Waals surface area contributed by atoms with Crippen LogP contribution in [-0.2, 0) is 16.0 Å². The van der Waals surface area contributed by atoms with Gasteiger partial charge in [0.25, 0.3) is 0 Å². The van der Waals surface area contributed by atoms with Gasteiger partial charge in [0.15, 0.2) is 5.58 Å². The molecule has 0 aliphatic heterocycles. The van der Waals surface area contributed by atoms with Gasteiger partial charge in [0.05, 0.1) is 47.8 Å². The highest BCUT2D eigenvalue weighted by Gasteiger charge is 2.30. The second-order valence-electron chi connectivity index (χ2n) is 8.64. The number of hydrogen-bond acceptors (Lipinski definition) is 7. The van der Waals surface area contributed by atoms with Gasteiger partial charge in [-0.05, 0) is 31.5 Å². The first-order chi connectivity index (χ1) is 17.9. The normalized spacial score (nSPS) is 11.1. The van der Waals surface area contributed by atoms with Gasteiger partial charge in [-0.25, -0.2) is 9.59 Å². The molecule has 0 amide bonds. The van der Waals surface area contributed by atoms with Crippen LogP contribution in [0.1, 0.15) is 37.7 Å². The number of ether oxygens (including phenoxy) is 2. The van der Waals surface area contributed by atoms with Gasteiger partial charge in [-0.3, -0.25) is 9.78 Å². The second-order valence-corrected chi connectivity index (χ2v) is 8.64. The lowest BCUT2D eigenvalue weighted by molar-refractivity contribution is 0.0599. The van der Waals surface area contributed by atoms with Crippen LogP contribution in [0.4, 0.5) is 0 Å². The average Bonchev–Trinajstić information content (AvgIpc) is 3.22. The van der Waals surface area contributed by atoms with Gasteiger partial charge in [0.2, 0.25) is 5.43 Å². The summed E-state index contributed by atoms with van der Waals surface area (Å²) in [6.07, 6.45) is 1.29. The monoisotopic (exact) mass is 496 g/mol. The molecule has 0 bridgehead atoms. The molecule has 0 N–H and O–H groups in total. The number of aryl methyl sites for hydroxylation is 2. The van der Waals surface area contributed by atoms with E-state index in [-0.39, 0.29) is 22.3 Å². The highest BCUT2D eigenvalue weighted by atomic mass is 16.5. The van der Waals surface area contributed by atoms with Crippen molar-refractivity contribution in [3.05, 3.63) is 99.2 Å². The lowest BCUT2D eigenvalue weighted by atomic mass is 9.93. The Bertz CT molecular complexity index is 1710. The zero-order chi connectivity index (χ0) is 26.3. The van der Waals surface area contributed by atoms with Crippen LogP contribution >= 0.6 is 0 Å². The molecule has 0 unspecified atom stereocenters. The maximum Gasteiger partial charge on any atom is 0.340 e. The number of para-hydroxylation sites is 1. The first-order valence-electron chi connectivity index (χ1n) is 11.6. The molecule has 0 radical (unpaired) electrons. The summed E-state index contributed by atoms with van der Waals surface area (Å²) in [5.41, 5.74) is 2.93. The molecule has 8 heteroatoms. The van der Waals surface area contributed by atoms with Crippen molar-refractivity contribution in [3.63, 3.8) is 0 Å². The Labute approximate surface area is 212 Å². The maximum atomic E-state index is 14.3. The van der Waals surface area contributed by atoms with Crippen molar-refractivity contribution >= 4 is 33.9 Å². The van der Waals surface area contributed by atoms with Crippen LogP contribution in [0.2, 0.25) is 0 Å². The van der Waals surface area contributed by atoms with Crippen LogP contribution in [-0.4, -0.2) is 35.7 Å². The largest absolute Gasteiger partial charge is 0.465 e. The van der Waals surface area contributed by atoms with Crippen LogP contribution < -0.4 is 5.43 Å². The molecule has 0 spiro atoms. The van der Waals surface area contributed by atoms with Crippen molar-refractivity contribution in [2.24, 2.45) is 0 Å². The molecule has 0 aliphatic carbocycles. The number of carbonyl (C=O) groups is 2. The molecular formula is C29H24N2O6. The van der Waals surface area contributed by atoms with E-state index < -0.39 is 17.4 Å². The van der Waals surface area contributed by atoms with Crippen LogP contribution in [0.25, 0.3) is 33.1 Å². The summed E-state index contributed by atoms with van der Waals surface area (Å²) >= 11 is 0. The fraction of sp³-hybridized carbons (Fsp3) is 0.172. The van der Waals surface area contributed by atoms with Crippen molar-refractivity contribution in [3.8, 4) is 11.1 Å². The fourth-order valence-electron chi connectivity index (χ4n) is 4.84. The van der Waals surface area contributed by atoms with Crippen LogP contribution in [0.3, 0.4) is 0 Å². The van der Waals surface area contributed by atoms with Gasteiger partial charge in [0, 0.05) is 17.5 Å². The Morgan fingerprint density at radius 1 is 0.892 bits per heavy atom. The van der Waals surface area contributed by atoms with Gasteiger partial charge < -0.3 is 18.5 Å². The minimum atomic E-state index is -0.727. The molecule has 186 valence electrons. The molecule has 0 saturated heterocycles. The summed E-state index contributed by atoms with van der Waals surface area (Å²) in [7, 11) is 2.46. The molecule has 0 aliphatic rings. The van der Waals surface area contributed by atoms with Gasteiger partial charge in [-0.2, -0.15) is 0 Å². The quantitative estimate of drug-likeness (QED) is 0.314. The molecule has 3 aromatic heterocycles. The third kappa shape index (κ3) is 3.87. The number of esters is 2. The topological polar surface area (TPSA) is 101 Å². The van der Waals surface area contributed by atoms with Crippen LogP contribution in [0.15, 0.2) is 70.1 Å². The molecule has 5 aromatic rings. The summed E-state index contributed by atoms with van der Waals surface area (Å²) in [6.45, 7) is 3.66. The summed E-state index contributed by atoms with van der Waals surface area (Å²) < 4.78 is 18.0. The molecular weight excluding hydrogens is 472 g/mol. The highest BCUT2D eigenvalue weighted by molar-refractivity contribution is 6.09. The predicted octanol–water partition coefficient (Wildman–Crippen LogP) is 5.05. The summed E-state index contributed by atoms with van der Waals surface area (Å²) in [5, 5.41) is 0.778. The van der Waals surface area contributed by atoms with E-state index in [9.17, 15) is 14.4 Å². The lowest BCUT2D eigenvalue weighted by Crippen LogP contribution is -2.19. The Kier molecular flexibility index (Phi) is 6.09. The van der Waals surface area contributed by atoms with Crippen molar-refractivity contribution in [1.82, 2.24) is 9.55 Å². The van der Waals surface area contributed by atoms with E-state index in [1.807, 2.05) is 59.2 Å². The summed E-state index contributed by atoms with van der Waals surface area (Å²) in [4.78, 5) is 44.4. The number of benzene rings is 2. The Morgan fingerprint density at radius 2 is 1.49 bits per heavy atom. The number of nitrogens with zero attached hydrogens (tertiary/aromatic N) is 2. The maximum absolute atomic E-state index is 14.3. The van der Waals surface area contributed by atoms with E-state index in [2.05, 4.69) is 4.98 Å². The number of aromatic nitrogens is 2. The highest BCUT2D eigenvalue weighted by Crippen LogP contribution is 2.34. The zero-order valence-corrected chi connectivity index (χ0v) is 20.8. The first-order valence-corrected chi connectivity index (χ1v) is 11.6. The minimum absolute atomic E-state index is 0.00544. The summed E-state index contributed by atoms with van der Waals surface area (Å²) in [5.74, 6) is -1.45. The van der Waals surface area contributed by atoms with E-state index in [0.717, 1.165) is 16.5 Å². The number of methoxy groups -OCH3 is 2. The van der Waals surface area contributed by atoms with Gasteiger partial charge >= 0.3 is 11.9 Å². The number of hydrogen-bond donors (Lipinski definition) is 0. The van der Waals surface area contributed by atoms with Crippen molar-refractivity contribution in [2.45, 2.75) is 20.4 Å². The van der Waals surface area contributed by atoms with E-state index in [1.165, 1.54) is 20.5 Å². The fourth-order valence-corrected chi connectivity index (χ4v) is 4.84. The smallest absolute Gasteiger partial charge is 0.340 e. The molecule has 2 aromatic carbocycles. The molecule has 37 heavy (non-hydrogen) atoms. The van der Waals surface area contributed by atoms with E-state index >= 15 is 0 Å². The second kappa shape index (κ2) is 9.39. The number of pyridine rings is 1.